The van der Waals surface area contributed by atoms with Crippen molar-refractivity contribution in [3.05, 3.63) is 40.0 Å². The van der Waals surface area contributed by atoms with Gasteiger partial charge in [-0.1, -0.05) is 5.11 Å². The molecule has 0 spiro atoms. The maximum absolute atomic E-state index is 11.7. The molecule has 0 atom stereocenters. The molecule has 0 unspecified atom stereocenters. The lowest BCUT2D eigenvalue weighted by Gasteiger charge is -2.04. The molecule has 0 fully saturated rings. The summed E-state index contributed by atoms with van der Waals surface area (Å²) < 4.78 is 0. The zero-order chi connectivity index (χ0) is 12.5. The van der Waals surface area contributed by atoms with Gasteiger partial charge in [-0.15, -0.1) is 0 Å². The molecule has 17 heavy (non-hydrogen) atoms. The summed E-state index contributed by atoms with van der Waals surface area (Å²) >= 11 is 0. The van der Waals surface area contributed by atoms with Crippen molar-refractivity contribution < 1.29 is 4.79 Å². The quantitative estimate of drug-likeness (QED) is 0.353. The molecule has 1 aromatic heterocycles. The number of hydrogen-bond acceptors (Lipinski definition) is 3. The van der Waals surface area contributed by atoms with E-state index in [-0.39, 0.29) is 5.91 Å². The fraction of sp³-hybridized carbons (Fsp3) is 0.455. The Hall–Kier alpha value is -2.07. The topological polar surface area (TPSA) is 90.8 Å². The van der Waals surface area contributed by atoms with Crippen LogP contribution in [-0.4, -0.2) is 24.0 Å². The van der Waals surface area contributed by atoms with Crippen molar-refractivity contribution in [1.82, 2.24) is 10.3 Å². The highest BCUT2D eigenvalue weighted by Crippen LogP contribution is 2.00. The van der Waals surface area contributed by atoms with Crippen molar-refractivity contribution in [3.63, 3.8) is 0 Å². The summed E-state index contributed by atoms with van der Waals surface area (Å²) in [5.41, 5.74) is 9.60. The van der Waals surface area contributed by atoms with Crippen LogP contribution < -0.4 is 5.32 Å². The summed E-state index contributed by atoms with van der Waals surface area (Å²) in [6.45, 7) is 2.94. The standard InChI is InChI=1S/C11H15N5O/c1-9-6-10(8-13-7-9)11(17)14-4-2-3-5-15-16-12/h6-8H,2-5H2,1H3,(H,14,17). The normalized spacial score (nSPS) is 9.47. The second kappa shape index (κ2) is 7.24. The van der Waals surface area contributed by atoms with E-state index in [0.717, 1.165) is 18.4 Å². The highest BCUT2D eigenvalue weighted by Gasteiger charge is 2.04. The van der Waals surface area contributed by atoms with E-state index < -0.39 is 0 Å². The Bertz CT molecular complexity index is 426. The highest BCUT2D eigenvalue weighted by molar-refractivity contribution is 5.93. The molecule has 1 aromatic rings. The minimum Gasteiger partial charge on any atom is -0.352 e. The maximum atomic E-state index is 11.7. The lowest BCUT2D eigenvalue weighted by molar-refractivity contribution is 0.0952. The number of carbonyl (C=O) groups is 1. The number of aryl methyl sites for hydroxylation is 1. The molecule has 0 aliphatic carbocycles. The first kappa shape index (κ1) is 13.0. The third kappa shape index (κ3) is 4.99. The van der Waals surface area contributed by atoms with Gasteiger partial charge in [0, 0.05) is 30.4 Å². The number of unbranched alkanes of at least 4 members (excludes halogenated alkanes) is 1. The molecule has 0 aliphatic rings. The minimum atomic E-state index is -0.120. The molecule has 1 rings (SSSR count). The average molecular weight is 233 g/mol. The number of azide groups is 1. The van der Waals surface area contributed by atoms with Crippen LogP contribution in [0.5, 0.6) is 0 Å². The van der Waals surface area contributed by atoms with Gasteiger partial charge < -0.3 is 5.32 Å². The molecule has 0 saturated heterocycles. The summed E-state index contributed by atoms with van der Waals surface area (Å²) in [6.07, 6.45) is 4.82. The molecule has 6 heteroatoms. The van der Waals surface area contributed by atoms with E-state index in [0.29, 0.717) is 18.7 Å². The molecule has 0 radical (unpaired) electrons. The van der Waals surface area contributed by atoms with E-state index in [1.807, 2.05) is 6.92 Å². The SMILES string of the molecule is Cc1cncc(C(=O)NCCCCN=[N+]=[N-])c1. The van der Waals surface area contributed by atoms with E-state index >= 15 is 0 Å². The fourth-order valence-electron chi connectivity index (χ4n) is 1.34. The molecule has 1 N–H and O–H groups in total. The van der Waals surface area contributed by atoms with Crippen LogP contribution in [0.1, 0.15) is 28.8 Å². The highest BCUT2D eigenvalue weighted by atomic mass is 16.1. The largest absolute Gasteiger partial charge is 0.352 e. The van der Waals surface area contributed by atoms with Crippen LogP contribution in [0.2, 0.25) is 0 Å². The zero-order valence-electron chi connectivity index (χ0n) is 9.76. The monoisotopic (exact) mass is 233 g/mol. The summed E-state index contributed by atoms with van der Waals surface area (Å²) in [5, 5.41) is 6.21. The lowest BCUT2D eigenvalue weighted by atomic mass is 10.2. The van der Waals surface area contributed by atoms with Gasteiger partial charge in [0.05, 0.1) is 5.56 Å². The molecular formula is C11H15N5O. The summed E-state index contributed by atoms with van der Waals surface area (Å²) in [5.74, 6) is -0.120. The zero-order valence-corrected chi connectivity index (χ0v) is 9.76. The van der Waals surface area contributed by atoms with Crippen LogP contribution in [0.25, 0.3) is 10.4 Å². The number of nitrogens with one attached hydrogen (secondary N) is 1. The van der Waals surface area contributed by atoms with Crippen LogP contribution in [0.3, 0.4) is 0 Å². The fourth-order valence-corrected chi connectivity index (χ4v) is 1.34. The van der Waals surface area contributed by atoms with Crippen LogP contribution in [-0.2, 0) is 0 Å². The van der Waals surface area contributed by atoms with Gasteiger partial charge in [0.2, 0.25) is 0 Å². The van der Waals surface area contributed by atoms with Gasteiger partial charge >= 0.3 is 0 Å². The van der Waals surface area contributed by atoms with Crippen LogP contribution >= 0.6 is 0 Å². The summed E-state index contributed by atoms with van der Waals surface area (Å²) in [4.78, 5) is 18.3. The number of carbonyl (C=O) groups excluding carboxylic acids is 1. The van der Waals surface area contributed by atoms with Crippen molar-refractivity contribution in [1.29, 1.82) is 0 Å². The molecule has 6 nitrogen and oxygen atoms in total. The van der Waals surface area contributed by atoms with Crippen molar-refractivity contribution in [2.45, 2.75) is 19.8 Å². The van der Waals surface area contributed by atoms with Gasteiger partial charge in [-0.3, -0.25) is 9.78 Å². The molecule has 1 amide bonds. The number of rotatable bonds is 6. The molecule has 90 valence electrons. The third-order valence-corrected chi connectivity index (χ3v) is 2.17. The van der Waals surface area contributed by atoms with E-state index in [4.69, 9.17) is 5.53 Å². The second-order valence-electron chi connectivity index (χ2n) is 3.67. The van der Waals surface area contributed by atoms with Crippen LogP contribution in [0.4, 0.5) is 0 Å². The van der Waals surface area contributed by atoms with E-state index in [1.54, 1.807) is 18.5 Å². The maximum Gasteiger partial charge on any atom is 0.252 e. The van der Waals surface area contributed by atoms with Gasteiger partial charge in [0.25, 0.3) is 5.91 Å². The van der Waals surface area contributed by atoms with E-state index in [1.165, 1.54) is 0 Å². The van der Waals surface area contributed by atoms with E-state index in [9.17, 15) is 4.79 Å². The smallest absolute Gasteiger partial charge is 0.252 e. The number of pyridine rings is 1. The predicted octanol–water partition coefficient (Wildman–Crippen LogP) is 2.21. The summed E-state index contributed by atoms with van der Waals surface area (Å²) in [6, 6.07) is 1.79. The Labute approximate surface area is 99.7 Å². The first-order valence-electron chi connectivity index (χ1n) is 5.45. The Kier molecular flexibility index (Phi) is 5.54. The first-order chi connectivity index (χ1) is 8.24. The molecule has 0 saturated carbocycles. The van der Waals surface area contributed by atoms with Gasteiger partial charge in [-0.25, -0.2) is 0 Å². The van der Waals surface area contributed by atoms with Gasteiger partial charge in [-0.2, -0.15) is 0 Å². The molecule has 0 aromatic carbocycles. The number of nitrogens with zero attached hydrogens (tertiary/aromatic N) is 4. The van der Waals surface area contributed by atoms with Gasteiger partial charge in [0.15, 0.2) is 0 Å². The third-order valence-electron chi connectivity index (χ3n) is 2.17. The number of amides is 1. The predicted molar refractivity (Wildman–Crippen MR) is 64.6 cm³/mol. The number of aromatic nitrogens is 1. The van der Waals surface area contributed by atoms with E-state index in [2.05, 4.69) is 20.3 Å². The van der Waals surface area contributed by atoms with Crippen LogP contribution in [0, 0.1) is 6.92 Å². The van der Waals surface area contributed by atoms with Crippen molar-refractivity contribution in [2.75, 3.05) is 13.1 Å². The first-order valence-corrected chi connectivity index (χ1v) is 5.45. The van der Waals surface area contributed by atoms with Gasteiger partial charge in [0.1, 0.15) is 0 Å². The molecule has 0 aliphatic heterocycles. The Morgan fingerprint density at radius 3 is 3.06 bits per heavy atom. The number of hydrogen-bond donors (Lipinski definition) is 1. The minimum absolute atomic E-state index is 0.120. The molecular weight excluding hydrogens is 218 g/mol. The van der Waals surface area contributed by atoms with Crippen molar-refractivity contribution in [2.24, 2.45) is 5.11 Å². The average Bonchev–Trinajstić information content (AvgIpc) is 2.33. The second-order valence-corrected chi connectivity index (χ2v) is 3.67. The van der Waals surface area contributed by atoms with Crippen molar-refractivity contribution >= 4 is 5.91 Å². The van der Waals surface area contributed by atoms with Gasteiger partial charge in [-0.05, 0) is 36.9 Å². The Balaban J connectivity index is 2.28. The van der Waals surface area contributed by atoms with Crippen molar-refractivity contribution in [3.8, 4) is 0 Å². The summed E-state index contributed by atoms with van der Waals surface area (Å²) in [7, 11) is 0. The Morgan fingerprint density at radius 1 is 1.53 bits per heavy atom. The lowest BCUT2D eigenvalue weighted by Crippen LogP contribution is -2.24. The molecule has 1 heterocycles. The molecule has 0 bridgehead atoms. The van der Waals surface area contributed by atoms with Crippen LogP contribution in [0.15, 0.2) is 23.6 Å². The Morgan fingerprint density at radius 2 is 2.35 bits per heavy atom.